The molecule has 1 aliphatic heterocycles. The van der Waals surface area contributed by atoms with E-state index in [2.05, 4.69) is 11.0 Å². The molecule has 3 aromatic carbocycles. The van der Waals surface area contributed by atoms with Gasteiger partial charge in [0.1, 0.15) is 11.4 Å². The van der Waals surface area contributed by atoms with Gasteiger partial charge >= 0.3 is 0 Å². The molecule has 0 saturated carbocycles. The predicted molar refractivity (Wildman–Crippen MR) is 112 cm³/mol. The lowest BCUT2D eigenvalue weighted by molar-refractivity contribution is -0.00671. The average Bonchev–Trinajstić information content (AvgIpc) is 3.23. The average molecular weight is 373 g/mol. The molecule has 3 nitrogen and oxygen atoms in total. The third-order valence-electron chi connectivity index (χ3n) is 5.84. The highest BCUT2D eigenvalue weighted by Gasteiger charge is 2.45. The summed E-state index contributed by atoms with van der Waals surface area (Å²) >= 11 is 0. The molecule has 4 rings (SSSR count). The minimum Gasteiger partial charge on any atom is -0.496 e. The van der Waals surface area contributed by atoms with Crippen LogP contribution in [-0.2, 0) is 12.1 Å². The van der Waals surface area contributed by atoms with Gasteiger partial charge in [-0.3, -0.25) is 4.90 Å². The van der Waals surface area contributed by atoms with Crippen LogP contribution in [0.4, 0.5) is 0 Å². The minimum atomic E-state index is -1.05. The van der Waals surface area contributed by atoms with Crippen LogP contribution in [-0.4, -0.2) is 29.7 Å². The van der Waals surface area contributed by atoms with Crippen molar-refractivity contribution in [1.82, 2.24) is 4.90 Å². The van der Waals surface area contributed by atoms with Crippen molar-refractivity contribution in [2.45, 2.75) is 31.0 Å². The van der Waals surface area contributed by atoms with Gasteiger partial charge in [-0.2, -0.15) is 0 Å². The topological polar surface area (TPSA) is 32.7 Å². The van der Waals surface area contributed by atoms with Crippen molar-refractivity contribution < 1.29 is 9.84 Å². The zero-order valence-corrected chi connectivity index (χ0v) is 16.3. The Labute approximate surface area is 167 Å². The van der Waals surface area contributed by atoms with Crippen LogP contribution in [0.3, 0.4) is 0 Å². The number of likely N-dealkylation sites (tertiary alicyclic amines) is 1. The summed E-state index contributed by atoms with van der Waals surface area (Å²) in [5.41, 5.74) is 1.98. The van der Waals surface area contributed by atoms with Crippen molar-refractivity contribution in [3.63, 3.8) is 0 Å². The van der Waals surface area contributed by atoms with Gasteiger partial charge in [0.15, 0.2) is 0 Å². The fourth-order valence-corrected chi connectivity index (χ4v) is 4.48. The number of rotatable bonds is 6. The maximum Gasteiger partial charge on any atom is 0.130 e. The normalized spacial score (nSPS) is 17.6. The van der Waals surface area contributed by atoms with Crippen LogP contribution in [0.2, 0.25) is 0 Å². The Kier molecular flexibility index (Phi) is 5.47. The number of hydrogen-bond acceptors (Lipinski definition) is 3. The summed E-state index contributed by atoms with van der Waals surface area (Å²) in [5.74, 6) is 0.899. The number of aliphatic hydroxyl groups is 1. The lowest BCUT2D eigenvalue weighted by Crippen LogP contribution is -2.48. The first kappa shape index (κ1) is 18.7. The van der Waals surface area contributed by atoms with Gasteiger partial charge in [-0.25, -0.2) is 0 Å². The van der Waals surface area contributed by atoms with Crippen LogP contribution in [0.15, 0.2) is 84.9 Å². The van der Waals surface area contributed by atoms with Crippen molar-refractivity contribution in [3.8, 4) is 5.75 Å². The lowest BCUT2D eigenvalue weighted by atomic mass is 9.79. The molecule has 1 fully saturated rings. The molecule has 0 aliphatic carbocycles. The maximum absolute atomic E-state index is 12.2. The highest BCUT2D eigenvalue weighted by Crippen LogP contribution is 2.41. The summed E-state index contributed by atoms with van der Waals surface area (Å²) in [6, 6.07) is 28.3. The molecule has 0 spiro atoms. The highest BCUT2D eigenvalue weighted by atomic mass is 16.5. The van der Waals surface area contributed by atoms with Crippen molar-refractivity contribution >= 4 is 0 Å². The molecule has 144 valence electrons. The number of methoxy groups -OCH3 is 1. The Morgan fingerprint density at radius 1 is 0.893 bits per heavy atom. The third-order valence-corrected chi connectivity index (χ3v) is 5.84. The smallest absolute Gasteiger partial charge is 0.130 e. The Bertz CT molecular complexity index is 855. The zero-order chi connectivity index (χ0) is 19.4. The van der Waals surface area contributed by atoms with Gasteiger partial charge < -0.3 is 9.84 Å². The number of nitrogens with zero attached hydrogens (tertiary/aromatic N) is 1. The first-order valence-electron chi connectivity index (χ1n) is 9.93. The number of benzene rings is 3. The zero-order valence-electron chi connectivity index (χ0n) is 16.3. The Morgan fingerprint density at radius 3 is 2.07 bits per heavy atom. The van der Waals surface area contributed by atoms with Gasteiger partial charge in [-0.15, -0.1) is 0 Å². The summed E-state index contributed by atoms with van der Waals surface area (Å²) < 4.78 is 5.56. The number of para-hydroxylation sites is 1. The molecule has 0 aromatic heterocycles. The molecule has 1 aliphatic rings. The monoisotopic (exact) mass is 373 g/mol. The molecule has 1 heterocycles. The summed E-state index contributed by atoms with van der Waals surface area (Å²) in [6.45, 7) is 1.72. The molecule has 1 N–H and O–H groups in total. The van der Waals surface area contributed by atoms with Crippen LogP contribution >= 0.6 is 0 Å². The van der Waals surface area contributed by atoms with Crippen molar-refractivity contribution in [3.05, 3.63) is 102 Å². The first-order chi connectivity index (χ1) is 13.7. The van der Waals surface area contributed by atoms with Crippen LogP contribution in [0.25, 0.3) is 0 Å². The second-order valence-electron chi connectivity index (χ2n) is 7.44. The summed E-state index contributed by atoms with van der Waals surface area (Å²) in [5, 5.41) is 12.2. The van der Waals surface area contributed by atoms with Crippen molar-refractivity contribution in [2.24, 2.45) is 0 Å². The van der Waals surface area contributed by atoms with Gasteiger partial charge in [0.2, 0.25) is 0 Å². The van der Waals surface area contributed by atoms with Gasteiger partial charge in [0.25, 0.3) is 0 Å². The fourth-order valence-electron chi connectivity index (χ4n) is 4.48. The first-order valence-corrected chi connectivity index (χ1v) is 9.93. The fraction of sp³-hybridized carbons (Fsp3) is 0.280. The minimum absolute atomic E-state index is 0.00205. The van der Waals surface area contributed by atoms with Crippen LogP contribution < -0.4 is 4.74 Å². The van der Waals surface area contributed by atoms with Crippen LogP contribution in [0.5, 0.6) is 5.75 Å². The Hall–Kier alpha value is -2.62. The summed E-state index contributed by atoms with van der Waals surface area (Å²) in [4.78, 5) is 2.40. The van der Waals surface area contributed by atoms with Crippen LogP contribution in [0.1, 0.15) is 29.5 Å². The molecule has 3 heteroatoms. The molecule has 0 unspecified atom stereocenters. The van der Waals surface area contributed by atoms with Crippen molar-refractivity contribution in [2.75, 3.05) is 13.7 Å². The van der Waals surface area contributed by atoms with Gasteiger partial charge in [0, 0.05) is 18.2 Å². The van der Waals surface area contributed by atoms with E-state index >= 15 is 0 Å². The van der Waals surface area contributed by atoms with E-state index in [4.69, 9.17) is 4.74 Å². The van der Waals surface area contributed by atoms with Crippen molar-refractivity contribution in [1.29, 1.82) is 0 Å². The van der Waals surface area contributed by atoms with E-state index in [1.807, 2.05) is 78.9 Å². The van der Waals surface area contributed by atoms with Crippen LogP contribution in [0, 0.1) is 0 Å². The highest BCUT2D eigenvalue weighted by molar-refractivity contribution is 5.39. The summed E-state index contributed by atoms with van der Waals surface area (Å²) in [6.07, 6.45) is 2.03. The largest absolute Gasteiger partial charge is 0.496 e. The van der Waals surface area contributed by atoms with Gasteiger partial charge in [0.05, 0.1) is 7.11 Å². The molecule has 3 aromatic rings. The predicted octanol–water partition coefficient (Wildman–Crippen LogP) is 4.60. The standard InChI is InChI=1S/C25H27NO2/c1-28-23-16-9-8-11-20(23)19-26-18-10-17-24(26)25(27,21-12-4-2-5-13-21)22-14-6-3-7-15-22/h2-9,11-16,24,27H,10,17-19H2,1H3/t24-/m0/s1. The SMILES string of the molecule is COc1ccccc1CN1CCC[C@H]1C(O)(c1ccccc1)c1ccccc1. The van der Waals surface area contributed by atoms with E-state index in [1.165, 1.54) is 0 Å². The van der Waals surface area contributed by atoms with Gasteiger partial charge in [-0.1, -0.05) is 78.9 Å². The second kappa shape index (κ2) is 8.17. The van der Waals surface area contributed by atoms with E-state index in [-0.39, 0.29) is 6.04 Å². The van der Waals surface area contributed by atoms with E-state index < -0.39 is 5.60 Å². The molecule has 1 atom stereocenters. The van der Waals surface area contributed by atoms with E-state index in [1.54, 1.807) is 7.11 Å². The number of ether oxygens (including phenoxy) is 1. The lowest BCUT2D eigenvalue weighted by Gasteiger charge is -2.40. The molecule has 0 amide bonds. The maximum atomic E-state index is 12.2. The quantitative estimate of drug-likeness (QED) is 0.686. The Morgan fingerprint density at radius 2 is 1.46 bits per heavy atom. The molecule has 0 radical (unpaired) electrons. The third kappa shape index (κ3) is 3.44. The molecule has 1 saturated heterocycles. The van der Waals surface area contributed by atoms with E-state index in [0.717, 1.165) is 48.4 Å². The number of hydrogen-bond donors (Lipinski definition) is 1. The van der Waals surface area contributed by atoms with Gasteiger partial charge in [-0.05, 0) is 36.6 Å². The van der Waals surface area contributed by atoms with E-state index in [9.17, 15) is 5.11 Å². The molecular weight excluding hydrogens is 346 g/mol. The summed E-state index contributed by atoms with van der Waals surface area (Å²) in [7, 11) is 1.71. The molecule has 0 bridgehead atoms. The van der Waals surface area contributed by atoms with E-state index in [0.29, 0.717) is 0 Å². The molecule has 28 heavy (non-hydrogen) atoms. The molecular formula is C25H27NO2. The second-order valence-corrected chi connectivity index (χ2v) is 7.44. The Balaban J connectivity index is 1.73.